The average molecular weight is 874 g/mol. The van der Waals surface area contributed by atoms with Crippen LogP contribution in [0.5, 0.6) is 0 Å². The first kappa shape index (κ1) is 57.1. The van der Waals surface area contributed by atoms with Crippen LogP contribution in [0.15, 0.2) is 146 Å². The fraction of sp³-hybridized carbons (Fsp3) is 0.537. The van der Waals surface area contributed by atoms with Gasteiger partial charge in [0.1, 0.15) is 24.4 Å². The molecule has 63 heavy (non-hydrogen) atoms. The van der Waals surface area contributed by atoms with Crippen molar-refractivity contribution in [2.24, 2.45) is 0 Å². The molecular formula is C54H83NO8. The van der Waals surface area contributed by atoms with E-state index in [0.29, 0.717) is 12.8 Å². The molecule has 1 saturated heterocycles. The second-order valence-electron chi connectivity index (χ2n) is 15.5. The number of unbranched alkanes of at least 4 members (excludes halogenated alkanes) is 5. The Labute approximate surface area is 381 Å². The van der Waals surface area contributed by atoms with Crippen LogP contribution in [0.4, 0.5) is 0 Å². The van der Waals surface area contributed by atoms with Gasteiger partial charge in [-0.2, -0.15) is 0 Å². The van der Waals surface area contributed by atoms with Crippen LogP contribution in [0, 0.1) is 0 Å². The summed E-state index contributed by atoms with van der Waals surface area (Å²) >= 11 is 0. The van der Waals surface area contributed by atoms with Crippen LogP contribution in [0.3, 0.4) is 0 Å². The summed E-state index contributed by atoms with van der Waals surface area (Å²) in [5.74, 6) is -0.235. The van der Waals surface area contributed by atoms with Crippen LogP contribution < -0.4 is 5.32 Å². The lowest BCUT2D eigenvalue weighted by Crippen LogP contribution is -2.60. The Morgan fingerprint density at radius 3 is 1.49 bits per heavy atom. The van der Waals surface area contributed by atoms with Crippen molar-refractivity contribution in [1.29, 1.82) is 0 Å². The molecule has 0 radical (unpaired) electrons. The van der Waals surface area contributed by atoms with Gasteiger partial charge in [0, 0.05) is 6.42 Å². The number of aliphatic hydroxyl groups excluding tert-OH is 5. The summed E-state index contributed by atoms with van der Waals surface area (Å²) in [6, 6.07) is -0.855. The highest BCUT2D eigenvalue weighted by molar-refractivity contribution is 5.76. The molecular weight excluding hydrogens is 791 g/mol. The van der Waals surface area contributed by atoms with Crippen molar-refractivity contribution in [3.05, 3.63) is 146 Å². The molecule has 1 fully saturated rings. The highest BCUT2D eigenvalue weighted by atomic mass is 16.7. The molecule has 0 aliphatic carbocycles. The fourth-order valence-corrected chi connectivity index (χ4v) is 6.24. The predicted molar refractivity (Wildman–Crippen MR) is 262 cm³/mol. The Bertz CT molecular complexity index is 1480. The number of carbonyl (C=O) groups excluding carboxylic acids is 1. The molecule has 1 rings (SSSR count). The Balaban J connectivity index is 2.28. The number of carbonyl (C=O) groups is 1. The zero-order chi connectivity index (χ0) is 45.9. The molecule has 9 heteroatoms. The second kappa shape index (κ2) is 42.0. The summed E-state index contributed by atoms with van der Waals surface area (Å²) < 4.78 is 11.1. The first-order valence-electron chi connectivity index (χ1n) is 23.5. The maximum Gasteiger partial charge on any atom is 0.220 e. The number of aliphatic hydroxyl groups is 5. The van der Waals surface area contributed by atoms with Crippen LogP contribution >= 0.6 is 0 Å². The van der Waals surface area contributed by atoms with Crippen molar-refractivity contribution in [3.63, 3.8) is 0 Å². The van der Waals surface area contributed by atoms with E-state index in [4.69, 9.17) is 9.47 Å². The molecule has 1 amide bonds. The van der Waals surface area contributed by atoms with Gasteiger partial charge in [0.15, 0.2) is 6.29 Å². The Kier molecular flexibility index (Phi) is 38.1. The first-order chi connectivity index (χ1) is 30.8. The first-order valence-corrected chi connectivity index (χ1v) is 23.5. The zero-order valence-corrected chi connectivity index (χ0v) is 38.5. The normalized spacial score (nSPS) is 21.5. The third-order valence-corrected chi connectivity index (χ3v) is 9.97. The molecule has 1 aliphatic heterocycles. The van der Waals surface area contributed by atoms with Crippen LogP contribution in [-0.4, -0.2) is 87.5 Å². The van der Waals surface area contributed by atoms with Crippen LogP contribution in [0.2, 0.25) is 0 Å². The number of hydrogen-bond acceptors (Lipinski definition) is 8. The van der Waals surface area contributed by atoms with Crippen molar-refractivity contribution >= 4 is 5.91 Å². The van der Waals surface area contributed by atoms with Crippen molar-refractivity contribution in [2.75, 3.05) is 13.2 Å². The smallest absolute Gasteiger partial charge is 0.220 e. The van der Waals surface area contributed by atoms with Crippen molar-refractivity contribution in [2.45, 2.75) is 172 Å². The fourth-order valence-electron chi connectivity index (χ4n) is 6.24. The number of amides is 1. The number of hydrogen-bond donors (Lipinski definition) is 6. The van der Waals surface area contributed by atoms with E-state index in [1.54, 1.807) is 6.08 Å². The van der Waals surface area contributed by atoms with Gasteiger partial charge in [-0.05, 0) is 110 Å². The summed E-state index contributed by atoms with van der Waals surface area (Å²) in [6.45, 7) is 3.34. The molecule has 352 valence electrons. The molecule has 0 bridgehead atoms. The highest BCUT2D eigenvalue weighted by Crippen LogP contribution is 2.22. The van der Waals surface area contributed by atoms with Crippen molar-refractivity contribution in [1.82, 2.24) is 5.32 Å². The molecule has 0 aromatic heterocycles. The summed E-state index contributed by atoms with van der Waals surface area (Å²) in [7, 11) is 0. The molecule has 1 heterocycles. The summed E-state index contributed by atoms with van der Waals surface area (Å²) in [4.78, 5) is 12.9. The number of allylic oxidation sites excluding steroid dienone is 23. The minimum Gasteiger partial charge on any atom is -0.394 e. The van der Waals surface area contributed by atoms with Gasteiger partial charge in [-0.25, -0.2) is 0 Å². The minimum absolute atomic E-state index is 0.232. The molecule has 7 unspecified atom stereocenters. The van der Waals surface area contributed by atoms with Gasteiger partial charge in [-0.15, -0.1) is 0 Å². The van der Waals surface area contributed by atoms with E-state index in [-0.39, 0.29) is 18.9 Å². The molecule has 0 saturated carbocycles. The van der Waals surface area contributed by atoms with Crippen LogP contribution in [0.25, 0.3) is 0 Å². The molecule has 0 aromatic carbocycles. The van der Waals surface area contributed by atoms with Gasteiger partial charge >= 0.3 is 0 Å². The van der Waals surface area contributed by atoms with E-state index in [9.17, 15) is 30.3 Å². The number of ether oxygens (including phenoxy) is 2. The summed E-state index contributed by atoms with van der Waals surface area (Å²) in [5, 5.41) is 53.9. The Morgan fingerprint density at radius 2 is 1.02 bits per heavy atom. The number of nitrogens with one attached hydrogen (secondary N) is 1. The Hall–Kier alpha value is -3.93. The zero-order valence-electron chi connectivity index (χ0n) is 38.5. The van der Waals surface area contributed by atoms with Gasteiger partial charge in [-0.1, -0.05) is 159 Å². The lowest BCUT2D eigenvalue weighted by atomic mass is 9.99. The standard InChI is InChI=1S/C54H83NO8/c1-3-5-7-9-11-13-14-15-16-17-18-19-20-21-22-23-24-25-26-27-28-29-30-31-32-33-34-36-38-40-42-44-50(58)55-47(48(57)43-41-39-37-35-12-10-8-6-4-2)46-62-54-53(61)52(60)51(59)49(45-56)63-54/h4-7,11-13,15-16,18-19,21-22,24-25,27-28,30-31,33-35,41,43,47-49,51-54,56-57,59-61H,3,8-10,14,17,20,23,26,29,32,36-40,42,44-46H2,1-2H3,(H,55,58)/b6-4+,7-5-,13-11-,16-15-,19-18-,22-21-,25-24-,28-27-,31-30-,34-33-,35-12+,43-41+. The topological polar surface area (TPSA) is 149 Å². The highest BCUT2D eigenvalue weighted by Gasteiger charge is 2.44. The quantitative estimate of drug-likeness (QED) is 0.0269. The third kappa shape index (κ3) is 32.4. The summed E-state index contributed by atoms with van der Waals surface area (Å²) in [5.41, 5.74) is 0. The molecule has 7 atom stereocenters. The SMILES string of the molecule is C/C=C/CC/C=C/CC/C=C/C(O)C(COC1OC(CO)C(O)C(O)C1O)NC(=O)CCCCC/C=C\C/C=C\C/C=C\C/C=C\C/C=C\C/C=C\C/C=C\C/C=C\C/C=C\CC. The predicted octanol–water partition coefficient (Wildman–Crippen LogP) is 10.4. The van der Waals surface area contributed by atoms with Gasteiger partial charge in [0.2, 0.25) is 5.91 Å². The van der Waals surface area contributed by atoms with Gasteiger partial charge in [0.25, 0.3) is 0 Å². The van der Waals surface area contributed by atoms with E-state index in [1.165, 1.54) is 0 Å². The maximum atomic E-state index is 12.9. The Morgan fingerprint density at radius 1 is 0.571 bits per heavy atom. The van der Waals surface area contributed by atoms with Gasteiger partial charge < -0.3 is 40.3 Å². The largest absolute Gasteiger partial charge is 0.394 e. The lowest BCUT2D eigenvalue weighted by Gasteiger charge is -2.40. The molecule has 9 nitrogen and oxygen atoms in total. The molecule has 6 N–H and O–H groups in total. The molecule has 0 spiro atoms. The monoisotopic (exact) mass is 874 g/mol. The van der Waals surface area contributed by atoms with Crippen molar-refractivity contribution in [3.8, 4) is 0 Å². The van der Waals surface area contributed by atoms with Crippen LogP contribution in [0.1, 0.15) is 129 Å². The molecule has 0 aromatic rings. The maximum absolute atomic E-state index is 12.9. The average Bonchev–Trinajstić information content (AvgIpc) is 3.28. The van der Waals surface area contributed by atoms with E-state index < -0.39 is 49.5 Å². The second-order valence-corrected chi connectivity index (χ2v) is 15.5. The lowest BCUT2D eigenvalue weighted by molar-refractivity contribution is -0.302. The third-order valence-electron chi connectivity index (χ3n) is 9.97. The van der Waals surface area contributed by atoms with E-state index in [1.807, 2.05) is 19.1 Å². The van der Waals surface area contributed by atoms with E-state index in [0.717, 1.165) is 96.3 Å². The van der Waals surface area contributed by atoms with Gasteiger partial charge in [0.05, 0.1) is 25.4 Å². The van der Waals surface area contributed by atoms with Crippen LogP contribution in [-0.2, 0) is 14.3 Å². The van der Waals surface area contributed by atoms with E-state index in [2.05, 4.69) is 140 Å². The van der Waals surface area contributed by atoms with E-state index >= 15 is 0 Å². The molecule has 1 aliphatic rings. The minimum atomic E-state index is -1.59. The number of rotatable bonds is 36. The van der Waals surface area contributed by atoms with Gasteiger partial charge in [-0.3, -0.25) is 4.79 Å². The summed E-state index contributed by atoms with van der Waals surface area (Å²) in [6.07, 6.45) is 59.3. The van der Waals surface area contributed by atoms with Crippen molar-refractivity contribution < 1.29 is 39.8 Å².